The van der Waals surface area contributed by atoms with Crippen molar-refractivity contribution in [1.82, 2.24) is 4.98 Å². The Morgan fingerprint density at radius 3 is 2.69 bits per heavy atom. The molecule has 0 bridgehead atoms. The van der Waals surface area contributed by atoms with Gasteiger partial charge in [0.2, 0.25) is 0 Å². The topological polar surface area (TPSA) is 12.9 Å². The molecule has 0 unspecified atom stereocenters. The molecule has 1 aromatic rings. The molecule has 0 atom stereocenters. The summed E-state index contributed by atoms with van der Waals surface area (Å²) in [6, 6.07) is 1.35. The normalized spacial score (nSPS) is 10.9. The molecular formula is C7H4BrClF2IN. The number of aromatic nitrogens is 1. The summed E-state index contributed by atoms with van der Waals surface area (Å²) in [5, 5.41) is 0.626. The zero-order valence-corrected chi connectivity index (χ0v) is 10.7. The van der Waals surface area contributed by atoms with Crippen molar-refractivity contribution >= 4 is 50.1 Å². The van der Waals surface area contributed by atoms with E-state index in [0.717, 1.165) is 5.56 Å². The van der Waals surface area contributed by atoms with E-state index in [1.54, 1.807) is 0 Å². The van der Waals surface area contributed by atoms with E-state index in [4.69, 9.17) is 11.6 Å². The van der Waals surface area contributed by atoms with Gasteiger partial charge in [0, 0.05) is 5.33 Å². The van der Waals surface area contributed by atoms with Crippen LogP contribution in [-0.4, -0.2) is 4.98 Å². The predicted molar refractivity (Wildman–Crippen MR) is 59.6 cm³/mol. The van der Waals surface area contributed by atoms with Gasteiger partial charge in [0.15, 0.2) is 0 Å². The van der Waals surface area contributed by atoms with Crippen LogP contribution in [0.5, 0.6) is 0 Å². The minimum atomic E-state index is -2.58. The Labute approximate surface area is 101 Å². The van der Waals surface area contributed by atoms with Crippen LogP contribution in [0.3, 0.4) is 0 Å². The molecule has 1 heterocycles. The van der Waals surface area contributed by atoms with E-state index in [1.165, 1.54) is 6.07 Å². The Kier molecular flexibility index (Phi) is 4.31. The lowest BCUT2D eigenvalue weighted by molar-refractivity contribution is 0.146. The van der Waals surface area contributed by atoms with E-state index >= 15 is 0 Å². The molecule has 1 rings (SSSR count). The number of rotatable bonds is 2. The maximum atomic E-state index is 12.3. The molecular weight excluding hydrogens is 378 g/mol. The second-order valence-corrected chi connectivity index (χ2v) is 4.24. The number of hydrogen-bond acceptors (Lipinski definition) is 1. The van der Waals surface area contributed by atoms with Gasteiger partial charge in [0.1, 0.15) is 10.8 Å². The van der Waals surface area contributed by atoms with Crippen LogP contribution < -0.4 is 0 Å². The smallest absolute Gasteiger partial charge is 0.234 e. The van der Waals surface area contributed by atoms with Crippen molar-refractivity contribution in [2.75, 3.05) is 0 Å². The van der Waals surface area contributed by atoms with Gasteiger partial charge in [0.25, 0.3) is 6.43 Å². The second-order valence-electron chi connectivity index (χ2n) is 2.25. The van der Waals surface area contributed by atoms with Crippen molar-refractivity contribution in [1.29, 1.82) is 0 Å². The first-order chi connectivity index (χ1) is 6.06. The van der Waals surface area contributed by atoms with Crippen LogP contribution in [0.2, 0.25) is 5.15 Å². The van der Waals surface area contributed by atoms with E-state index in [0.29, 0.717) is 8.90 Å². The van der Waals surface area contributed by atoms with Crippen LogP contribution in [0.25, 0.3) is 0 Å². The maximum absolute atomic E-state index is 12.3. The fraction of sp³-hybridized carbons (Fsp3) is 0.286. The molecule has 0 N–H and O–H groups in total. The zero-order valence-electron chi connectivity index (χ0n) is 6.20. The van der Waals surface area contributed by atoms with Crippen LogP contribution in [0.1, 0.15) is 17.7 Å². The van der Waals surface area contributed by atoms with Crippen LogP contribution in [-0.2, 0) is 5.33 Å². The van der Waals surface area contributed by atoms with E-state index in [9.17, 15) is 8.78 Å². The predicted octanol–water partition coefficient (Wildman–Crippen LogP) is 4.17. The monoisotopic (exact) mass is 381 g/mol. The SMILES string of the molecule is FC(F)c1cc(CBr)c(I)c(Cl)n1. The molecule has 6 heteroatoms. The molecule has 72 valence electrons. The highest BCUT2D eigenvalue weighted by atomic mass is 127. The molecule has 0 aliphatic heterocycles. The van der Waals surface area contributed by atoms with Gasteiger partial charge in [-0.3, -0.25) is 0 Å². The molecule has 0 saturated heterocycles. The van der Waals surface area contributed by atoms with E-state index < -0.39 is 6.43 Å². The van der Waals surface area contributed by atoms with Crippen molar-refractivity contribution in [2.24, 2.45) is 0 Å². The lowest BCUT2D eigenvalue weighted by Gasteiger charge is -2.05. The van der Waals surface area contributed by atoms with Crippen molar-refractivity contribution in [3.05, 3.63) is 26.0 Å². The van der Waals surface area contributed by atoms with Crippen molar-refractivity contribution in [3.63, 3.8) is 0 Å². The third-order valence-electron chi connectivity index (χ3n) is 1.38. The first kappa shape index (κ1) is 11.6. The number of hydrogen-bond donors (Lipinski definition) is 0. The molecule has 1 aromatic heterocycles. The Hall–Kier alpha value is 0.510. The highest BCUT2D eigenvalue weighted by Gasteiger charge is 2.14. The number of halogens is 5. The molecule has 13 heavy (non-hydrogen) atoms. The minimum Gasteiger partial charge on any atom is -0.234 e. The van der Waals surface area contributed by atoms with Gasteiger partial charge in [-0.1, -0.05) is 27.5 Å². The Balaban J connectivity index is 3.22. The van der Waals surface area contributed by atoms with Crippen LogP contribution in [0.4, 0.5) is 8.78 Å². The lowest BCUT2D eigenvalue weighted by Crippen LogP contribution is -1.96. The standard InChI is InChI=1S/C7H4BrClF2IN/c8-2-3-1-4(7(10)11)13-6(9)5(3)12/h1,7H,2H2. The van der Waals surface area contributed by atoms with Gasteiger partial charge in [-0.15, -0.1) is 0 Å². The fourth-order valence-corrected chi connectivity index (χ4v) is 2.43. The van der Waals surface area contributed by atoms with Crippen LogP contribution in [0.15, 0.2) is 6.07 Å². The van der Waals surface area contributed by atoms with Crippen LogP contribution in [0, 0.1) is 3.57 Å². The zero-order chi connectivity index (χ0) is 10.0. The third-order valence-corrected chi connectivity index (χ3v) is 3.78. The highest BCUT2D eigenvalue weighted by molar-refractivity contribution is 14.1. The Bertz CT molecular complexity index is 322. The molecule has 0 amide bonds. The highest BCUT2D eigenvalue weighted by Crippen LogP contribution is 2.27. The summed E-state index contributed by atoms with van der Waals surface area (Å²) in [7, 11) is 0. The van der Waals surface area contributed by atoms with E-state index in [2.05, 4.69) is 20.9 Å². The summed E-state index contributed by atoms with van der Waals surface area (Å²) in [6.07, 6.45) is -2.58. The summed E-state index contributed by atoms with van der Waals surface area (Å²) in [5.41, 5.74) is 0.454. The van der Waals surface area contributed by atoms with Gasteiger partial charge in [-0.25, -0.2) is 13.8 Å². The first-order valence-corrected chi connectivity index (χ1v) is 5.83. The number of pyridine rings is 1. The molecule has 0 saturated carbocycles. The van der Waals surface area contributed by atoms with Gasteiger partial charge in [-0.2, -0.15) is 0 Å². The molecule has 0 radical (unpaired) electrons. The van der Waals surface area contributed by atoms with Gasteiger partial charge >= 0.3 is 0 Å². The summed E-state index contributed by atoms with van der Waals surface area (Å²) in [4.78, 5) is 3.57. The minimum absolute atomic E-state index is 0.132. The largest absolute Gasteiger partial charge is 0.280 e. The van der Waals surface area contributed by atoms with Crippen molar-refractivity contribution in [2.45, 2.75) is 11.8 Å². The number of nitrogens with zero attached hydrogens (tertiary/aromatic N) is 1. The maximum Gasteiger partial charge on any atom is 0.280 e. The summed E-state index contributed by atoms with van der Waals surface area (Å²) in [6.45, 7) is 0. The quantitative estimate of drug-likeness (QED) is 0.425. The molecule has 0 aliphatic carbocycles. The summed E-state index contributed by atoms with van der Waals surface area (Å²) < 4.78 is 25.2. The van der Waals surface area contributed by atoms with Crippen molar-refractivity contribution in [3.8, 4) is 0 Å². The van der Waals surface area contributed by atoms with Gasteiger partial charge in [0.05, 0.1) is 3.57 Å². The van der Waals surface area contributed by atoms with Gasteiger partial charge < -0.3 is 0 Å². The fourth-order valence-electron chi connectivity index (χ4n) is 0.778. The van der Waals surface area contributed by atoms with Crippen LogP contribution >= 0.6 is 50.1 Å². The lowest BCUT2D eigenvalue weighted by atomic mass is 10.2. The number of alkyl halides is 3. The van der Waals surface area contributed by atoms with Gasteiger partial charge in [-0.05, 0) is 34.2 Å². The average Bonchev–Trinajstić information content (AvgIpc) is 2.09. The average molecular weight is 382 g/mol. The first-order valence-electron chi connectivity index (χ1n) is 3.25. The summed E-state index contributed by atoms with van der Waals surface area (Å²) >= 11 is 10.8. The van der Waals surface area contributed by atoms with E-state index in [-0.39, 0.29) is 10.8 Å². The molecule has 0 spiro atoms. The third kappa shape index (κ3) is 2.73. The Morgan fingerprint density at radius 1 is 1.62 bits per heavy atom. The second kappa shape index (κ2) is 4.84. The molecule has 1 nitrogen and oxygen atoms in total. The Morgan fingerprint density at radius 2 is 2.23 bits per heavy atom. The van der Waals surface area contributed by atoms with E-state index in [1.807, 2.05) is 22.6 Å². The summed E-state index contributed by atoms with van der Waals surface area (Å²) in [5.74, 6) is 0. The molecule has 0 aromatic carbocycles. The van der Waals surface area contributed by atoms with Crippen molar-refractivity contribution < 1.29 is 8.78 Å². The molecule has 0 aliphatic rings. The molecule has 0 fully saturated rings.